The number of furan rings is 1. The van der Waals surface area contributed by atoms with Crippen molar-refractivity contribution in [3.8, 4) is 0 Å². The summed E-state index contributed by atoms with van der Waals surface area (Å²) in [7, 11) is 0. The fourth-order valence-electron chi connectivity index (χ4n) is 3.80. The summed E-state index contributed by atoms with van der Waals surface area (Å²) in [6, 6.07) is 14.0. The number of fused-ring (bicyclic) bond motifs is 2. The zero-order chi connectivity index (χ0) is 19.3. The quantitative estimate of drug-likeness (QED) is 0.524. The van der Waals surface area contributed by atoms with Gasteiger partial charge in [-0.05, 0) is 49.6 Å². The normalized spacial score (nSPS) is 19.8. The van der Waals surface area contributed by atoms with Crippen LogP contribution in [-0.4, -0.2) is 15.9 Å². The third-order valence-corrected chi connectivity index (χ3v) is 5.43. The highest BCUT2D eigenvalue weighted by Crippen LogP contribution is 2.48. The molecule has 1 fully saturated rings. The molecule has 6 heteroatoms. The molecule has 1 aliphatic carbocycles. The number of hydrogen-bond donors (Lipinski definition) is 2. The first-order valence-electron chi connectivity index (χ1n) is 9.50. The van der Waals surface area contributed by atoms with Crippen LogP contribution >= 0.6 is 0 Å². The topological polar surface area (TPSA) is 70.9 Å². The van der Waals surface area contributed by atoms with Gasteiger partial charge in [0.2, 0.25) is 5.91 Å². The molecule has 2 aromatic carbocycles. The number of halogens is 1. The van der Waals surface area contributed by atoms with E-state index in [4.69, 9.17) is 4.42 Å². The van der Waals surface area contributed by atoms with Crippen molar-refractivity contribution in [3.05, 3.63) is 65.9 Å². The Kier molecular flexibility index (Phi) is 3.93. The van der Waals surface area contributed by atoms with Crippen molar-refractivity contribution >= 4 is 27.9 Å². The van der Waals surface area contributed by atoms with Crippen LogP contribution in [-0.2, 0) is 4.79 Å². The van der Waals surface area contributed by atoms with E-state index in [-0.39, 0.29) is 17.8 Å². The van der Waals surface area contributed by atoms with Crippen LogP contribution in [0.25, 0.3) is 22.0 Å². The molecule has 5 rings (SSSR count). The van der Waals surface area contributed by atoms with Gasteiger partial charge >= 0.3 is 0 Å². The van der Waals surface area contributed by atoms with Gasteiger partial charge < -0.3 is 14.7 Å². The maximum Gasteiger partial charge on any atom is 0.220 e. The first-order chi connectivity index (χ1) is 13.6. The van der Waals surface area contributed by atoms with Crippen molar-refractivity contribution in [1.82, 2.24) is 15.3 Å². The molecule has 2 heterocycles. The summed E-state index contributed by atoms with van der Waals surface area (Å²) in [5, 5.41) is 3.81. The van der Waals surface area contributed by atoms with E-state index in [2.05, 4.69) is 15.3 Å². The van der Waals surface area contributed by atoms with Crippen LogP contribution in [0.1, 0.15) is 43.3 Å². The summed E-state index contributed by atoms with van der Waals surface area (Å²) >= 11 is 0. The molecule has 0 aliphatic heterocycles. The lowest BCUT2D eigenvalue weighted by Gasteiger charge is -2.11. The second-order valence-electron chi connectivity index (χ2n) is 7.57. The van der Waals surface area contributed by atoms with Gasteiger partial charge in [0.25, 0.3) is 0 Å². The zero-order valence-electron chi connectivity index (χ0n) is 15.4. The molecule has 2 aromatic heterocycles. The third-order valence-electron chi connectivity index (χ3n) is 5.43. The van der Waals surface area contributed by atoms with Crippen LogP contribution in [0.4, 0.5) is 4.39 Å². The highest BCUT2D eigenvalue weighted by atomic mass is 19.1. The Morgan fingerprint density at radius 2 is 2.18 bits per heavy atom. The molecule has 1 aliphatic rings. The number of benzene rings is 2. The average molecular weight is 377 g/mol. The third kappa shape index (κ3) is 3.15. The summed E-state index contributed by atoms with van der Waals surface area (Å²) in [5.74, 6) is 1.85. The van der Waals surface area contributed by atoms with Crippen molar-refractivity contribution < 1.29 is 13.6 Å². The smallest absolute Gasteiger partial charge is 0.220 e. The molecule has 0 spiro atoms. The summed E-state index contributed by atoms with van der Waals surface area (Å²) in [4.78, 5) is 20.4. The maximum atomic E-state index is 13.3. The number of nitrogens with zero attached hydrogens (tertiary/aromatic N) is 1. The lowest BCUT2D eigenvalue weighted by Crippen LogP contribution is -2.26. The van der Waals surface area contributed by atoms with Gasteiger partial charge in [0.1, 0.15) is 23.0 Å². The van der Waals surface area contributed by atoms with E-state index >= 15 is 0 Å². The van der Waals surface area contributed by atoms with E-state index in [1.807, 2.05) is 37.3 Å². The number of amides is 1. The van der Waals surface area contributed by atoms with Crippen LogP contribution in [0, 0.1) is 11.7 Å². The van der Waals surface area contributed by atoms with Gasteiger partial charge in [-0.3, -0.25) is 4.79 Å². The highest BCUT2D eigenvalue weighted by molar-refractivity contribution is 5.80. The standard InChI is InChI=1S/C22H20FN3O2/c1-12(19-9-13-6-7-15(23)11-20(13)28-19)24-21(27)10-14-8-16(14)22-25-17-4-2-3-5-18(17)26-22/h2-7,9,11-12,14,16H,8,10H2,1H3,(H,24,27)(H,25,26)/t12-,14+,16+/m1/s1. The lowest BCUT2D eigenvalue weighted by molar-refractivity contribution is -0.122. The van der Waals surface area contributed by atoms with E-state index in [1.165, 1.54) is 12.1 Å². The van der Waals surface area contributed by atoms with Gasteiger partial charge in [-0.25, -0.2) is 9.37 Å². The number of aromatic nitrogens is 2. The summed E-state index contributed by atoms with van der Waals surface area (Å²) < 4.78 is 19.0. The van der Waals surface area contributed by atoms with E-state index in [0.29, 0.717) is 29.6 Å². The molecular formula is C22H20FN3O2. The van der Waals surface area contributed by atoms with Crippen LogP contribution in [0.2, 0.25) is 0 Å². The summed E-state index contributed by atoms with van der Waals surface area (Å²) in [6.45, 7) is 1.87. The Labute approximate surface area is 161 Å². The number of imidazole rings is 1. The van der Waals surface area contributed by atoms with E-state index in [1.54, 1.807) is 6.07 Å². The van der Waals surface area contributed by atoms with Crippen molar-refractivity contribution in [1.29, 1.82) is 0 Å². The molecule has 0 radical (unpaired) electrons. The average Bonchev–Trinajstić information content (AvgIpc) is 3.12. The summed E-state index contributed by atoms with van der Waals surface area (Å²) in [6.07, 6.45) is 1.42. The Balaban J connectivity index is 1.21. The van der Waals surface area contributed by atoms with E-state index < -0.39 is 0 Å². The molecule has 0 saturated heterocycles. The highest BCUT2D eigenvalue weighted by Gasteiger charge is 2.41. The number of rotatable bonds is 5. The van der Waals surface area contributed by atoms with Crippen molar-refractivity contribution in [2.75, 3.05) is 0 Å². The molecule has 0 bridgehead atoms. The monoisotopic (exact) mass is 377 g/mol. The van der Waals surface area contributed by atoms with Gasteiger partial charge in [-0.1, -0.05) is 12.1 Å². The molecule has 142 valence electrons. The van der Waals surface area contributed by atoms with Crippen LogP contribution in [0.3, 0.4) is 0 Å². The van der Waals surface area contributed by atoms with Gasteiger partial charge in [-0.15, -0.1) is 0 Å². The molecule has 28 heavy (non-hydrogen) atoms. The Bertz CT molecular complexity index is 1150. The molecule has 5 nitrogen and oxygen atoms in total. The molecule has 2 N–H and O–H groups in total. The number of carbonyl (C=O) groups excluding carboxylic acids is 1. The second-order valence-corrected chi connectivity index (χ2v) is 7.57. The molecule has 4 aromatic rings. The van der Waals surface area contributed by atoms with Gasteiger partial charge in [-0.2, -0.15) is 0 Å². The van der Waals surface area contributed by atoms with E-state index in [0.717, 1.165) is 28.7 Å². The maximum absolute atomic E-state index is 13.3. The molecule has 0 unspecified atom stereocenters. The van der Waals surface area contributed by atoms with Crippen molar-refractivity contribution in [3.63, 3.8) is 0 Å². The largest absolute Gasteiger partial charge is 0.459 e. The number of hydrogen-bond acceptors (Lipinski definition) is 3. The molecular weight excluding hydrogens is 357 g/mol. The lowest BCUT2D eigenvalue weighted by atomic mass is 10.2. The number of carbonyl (C=O) groups is 1. The zero-order valence-corrected chi connectivity index (χ0v) is 15.4. The van der Waals surface area contributed by atoms with Crippen LogP contribution in [0.5, 0.6) is 0 Å². The second kappa shape index (κ2) is 6.48. The molecule has 1 amide bonds. The van der Waals surface area contributed by atoms with E-state index in [9.17, 15) is 9.18 Å². The number of aromatic amines is 1. The van der Waals surface area contributed by atoms with Crippen LogP contribution in [0.15, 0.2) is 52.9 Å². The molecule has 1 saturated carbocycles. The first kappa shape index (κ1) is 17.0. The van der Waals surface area contributed by atoms with Gasteiger partial charge in [0.05, 0.1) is 17.1 Å². The number of para-hydroxylation sites is 2. The minimum atomic E-state index is -0.338. The summed E-state index contributed by atoms with van der Waals surface area (Å²) in [5.41, 5.74) is 2.48. The predicted octanol–water partition coefficient (Wildman–Crippen LogP) is 4.82. The SMILES string of the molecule is C[C@@H](NC(=O)C[C@@H]1C[C@@H]1c1nc2ccccc2[nH]1)c1cc2ccc(F)cc2o1. The minimum absolute atomic E-state index is 0.0113. The molecule has 3 atom stereocenters. The fraction of sp³-hybridized carbons (Fsp3) is 0.273. The predicted molar refractivity (Wildman–Crippen MR) is 104 cm³/mol. The number of H-pyrrole nitrogens is 1. The van der Waals surface area contributed by atoms with Crippen molar-refractivity contribution in [2.45, 2.75) is 31.7 Å². The van der Waals surface area contributed by atoms with Crippen molar-refractivity contribution in [2.24, 2.45) is 5.92 Å². The Morgan fingerprint density at radius 1 is 1.32 bits per heavy atom. The van der Waals surface area contributed by atoms with Crippen LogP contribution < -0.4 is 5.32 Å². The number of nitrogens with one attached hydrogen (secondary N) is 2. The fourth-order valence-corrected chi connectivity index (χ4v) is 3.80. The minimum Gasteiger partial charge on any atom is -0.459 e. The Hall–Kier alpha value is -3.15. The Morgan fingerprint density at radius 3 is 3.04 bits per heavy atom. The van der Waals surface area contributed by atoms with Gasteiger partial charge in [0, 0.05) is 23.8 Å². The first-order valence-corrected chi connectivity index (χ1v) is 9.50. The van der Waals surface area contributed by atoms with Gasteiger partial charge in [0.15, 0.2) is 0 Å².